The standard InChI is InChI=1S/C19H20ClFN2O3/c1-13(24)23(12-14-3-6-16(21)7-4-14)10-9-19(25)22-17-11-15(20)5-8-18(17)26-2/h3-8,11H,9-10,12H2,1-2H3,(H,22,25). The maximum atomic E-state index is 13.0. The Morgan fingerprint density at radius 2 is 1.88 bits per heavy atom. The fourth-order valence-electron chi connectivity index (χ4n) is 2.39. The van der Waals surface area contributed by atoms with Crippen molar-refractivity contribution in [2.75, 3.05) is 19.0 Å². The Labute approximate surface area is 156 Å². The normalized spacial score (nSPS) is 10.3. The number of hydrogen-bond acceptors (Lipinski definition) is 3. The van der Waals surface area contributed by atoms with E-state index < -0.39 is 0 Å². The van der Waals surface area contributed by atoms with Crippen molar-refractivity contribution in [1.82, 2.24) is 4.90 Å². The highest BCUT2D eigenvalue weighted by Crippen LogP contribution is 2.27. The average molecular weight is 379 g/mol. The molecule has 2 rings (SSSR count). The van der Waals surface area contributed by atoms with Crippen LogP contribution in [0.3, 0.4) is 0 Å². The van der Waals surface area contributed by atoms with Gasteiger partial charge in [0.25, 0.3) is 0 Å². The summed E-state index contributed by atoms with van der Waals surface area (Å²) in [4.78, 5) is 25.6. The van der Waals surface area contributed by atoms with Crippen molar-refractivity contribution < 1.29 is 18.7 Å². The number of anilines is 1. The van der Waals surface area contributed by atoms with Crippen molar-refractivity contribution in [3.05, 3.63) is 58.9 Å². The Morgan fingerprint density at radius 3 is 2.50 bits per heavy atom. The third-order valence-corrected chi connectivity index (χ3v) is 4.01. The summed E-state index contributed by atoms with van der Waals surface area (Å²) >= 11 is 5.94. The molecule has 0 atom stereocenters. The Hall–Kier alpha value is -2.60. The number of hydrogen-bond donors (Lipinski definition) is 1. The predicted octanol–water partition coefficient (Wildman–Crippen LogP) is 3.87. The van der Waals surface area contributed by atoms with Crippen LogP contribution in [-0.2, 0) is 16.1 Å². The second-order valence-electron chi connectivity index (χ2n) is 5.71. The van der Waals surface area contributed by atoms with Gasteiger partial charge < -0.3 is 15.0 Å². The molecule has 0 unspecified atom stereocenters. The third-order valence-electron chi connectivity index (χ3n) is 3.78. The lowest BCUT2D eigenvalue weighted by atomic mass is 10.2. The van der Waals surface area contributed by atoms with Gasteiger partial charge in [0.2, 0.25) is 11.8 Å². The van der Waals surface area contributed by atoms with Crippen LogP contribution in [-0.4, -0.2) is 30.4 Å². The Kier molecular flexibility index (Phi) is 6.97. The maximum absolute atomic E-state index is 13.0. The predicted molar refractivity (Wildman–Crippen MR) is 98.7 cm³/mol. The molecule has 2 aromatic rings. The number of carbonyl (C=O) groups is 2. The van der Waals surface area contributed by atoms with Crippen molar-refractivity contribution in [2.24, 2.45) is 0 Å². The van der Waals surface area contributed by atoms with Crippen molar-refractivity contribution in [3.8, 4) is 5.75 Å². The van der Waals surface area contributed by atoms with Gasteiger partial charge >= 0.3 is 0 Å². The zero-order valence-electron chi connectivity index (χ0n) is 14.6. The van der Waals surface area contributed by atoms with E-state index in [1.54, 1.807) is 30.3 Å². The van der Waals surface area contributed by atoms with Crippen LogP contribution in [0.25, 0.3) is 0 Å². The van der Waals surface area contributed by atoms with E-state index >= 15 is 0 Å². The van der Waals surface area contributed by atoms with Crippen molar-refractivity contribution in [1.29, 1.82) is 0 Å². The monoisotopic (exact) mass is 378 g/mol. The molecule has 0 bridgehead atoms. The summed E-state index contributed by atoms with van der Waals surface area (Å²) in [6.07, 6.45) is 0.108. The molecule has 26 heavy (non-hydrogen) atoms. The molecular weight excluding hydrogens is 359 g/mol. The van der Waals surface area contributed by atoms with Crippen LogP contribution in [0.15, 0.2) is 42.5 Å². The van der Waals surface area contributed by atoms with Crippen LogP contribution in [0.1, 0.15) is 18.9 Å². The summed E-state index contributed by atoms with van der Waals surface area (Å²) in [6.45, 7) is 1.98. The van der Waals surface area contributed by atoms with Gasteiger partial charge in [0.15, 0.2) is 0 Å². The number of nitrogens with one attached hydrogen (secondary N) is 1. The molecule has 0 aliphatic rings. The number of methoxy groups -OCH3 is 1. The van der Waals surface area contributed by atoms with Gasteiger partial charge in [0.1, 0.15) is 11.6 Å². The molecule has 0 fully saturated rings. The number of amides is 2. The molecule has 2 amide bonds. The first kappa shape index (κ1) is 19.7. The summed E-state index contributed by atoms with van der Waals surface area (Å²) < 4.78 is 18.2. The fourth-order valence-corrected chi connectivity index (χ4v) is 2.56. The quantitative estimate of drug-likeness (QED) is 0.795. The highest BCUT2D eigenvalue weighted by Gasteiger charge is 2.13. The SMILES string of the molecule is COc1ccc(Cl)cc1NC(=O)CCN(Cc1ccc(F)cc1)C(C)=O. The van der Waals surface area contributed by atoms with Crippen molar-refractivity contribution >= 4 is 29.1 Å². The number of nitrogens with zero attached hydrogens (tertiary/aromatic N) is 1. The van der Waals surface area contributed by atoms with Crippen LogP contribution >= 0.6 is 11.6 Å². The molecule has 0 aromatic heterocycles. The Balaban J connectivity index is 1.96. The third kappa shape index (κ3) is 5.74. The molecular formula is C19H20ClFN2O3. The molecule has 0 radical (unpaired) electrons. The first-order valence-electron chi connectivity index (χ1n) is 8.02. The van der Waals surface area contributed by atoms with Crippen molar-refractivity contribution in [2.45, 2.75) is 19.9 Å². The molecule has 0 heterocycles. The molecule has 5 nitrogen and oxygen atoms in total. The highest BCUT2D eigenvalue weighted by molar-refractivity contribution is 6.31. The second kappa shape index (κ2) is 9.20. The van der Waals surface area contributed by atoms with E-state index in [9.17, 15) is 14.0 Å². The number of carbonyl (C=O) groups excluding carboxylic acids is 2. The lowest BCUT2D eigenvalue weighted by molar-refractivity contribution is -0.129. The summed E-state index contributed by atoms with van der Waals surface area (Å²) in [7, 11) is 1.50. The van der Waals surface area contributed by atoms with Crippen molar-refractivity contribution in [3.63, 3.8) is 0 Å². The first-order chi connectivity index (χ1) is 12.4. The molecule has 0 aliphatic heterocycles. The minimum Gasteiger partial charge on any atom is -0.495 e. The second-order valence-corrected chi connectivity index (χ2v) is 6.15. The number of benzene rings is 2. The van der Waals surface area contributed by atoms with Gasteiger partial charge in [-0.3, -0.25) is 9.59 Å². The lowest BCUT2D eigenvalue weighted by Crippen LogP contribution is -2.31. The Bertz CT molecular complexity index is 781. The van der Waals surface area contributed by atoms with E-state index in [-0.39, 0.29) is 30.6 Å². The van der Waals surface area contributed by atoms with Crippen LogP contribution < -0.4 is 10.1 Å². The van der Waals surface area contributed by atoms with Gasteiger partial charge in [-0.05, 0) is 35.9 Å². The van der Waals surface area contributed by atoms with Crippen LogP contribution in [0.5, 0.6) is 5.75 Å². The molecule has 0 aliphatic carbocycles. The number of ether oxygens (including phenoxy) is 1. The summed E-state index contributed by atoms with van der Waals surface area (Å²) in [5.41, 5.74) is 1.26. The van der Waals surface area contributed by atoms with Gasteiger partial charge in [0.05, 0.1) is 12.8 Å². The number of halogens is 2. The van der Waals surface area contributed by atoms with E-state index in [4.69, 9.17) is 16.3 Å². The van der Waals surface area contributed by atoms with E-state index in [0.29, 0.717) is 23.0 Å². The molecule has 7 heteroatoms. The van der Waals surface area contributed by atoms with Gasteiger partial charge in [-0.25, -0.2) is 4.39 Å². The topological polar surface area (TPSA) is 58.6 Å². The molecule has 138 valence electrons. The van der Waals surface area contributed by atoms with Gasteiger partial charge in [0, 0.05) is 31.5 Å². The zero-order chi connectivity index (χ0) is 19.1. The Morgan fingerprint density at radius 1 is 1.19 bits per heavy atom. The maximum Gasteiger partial charge on any atom is 0.226 e. The van der Waals surface area contributed by atoms with Gasteiger partial charge in [-0.1, -0.05) is 23.7 Å². The van der Waals surface area contributed by atoms with Crippen LogP contribution in [0.4, 0.5) is 10.1 Å². The summed E-state index contributed by atoms with van der Waals surface area (Å²) in [5, 5.41) is 3.21. The molecule has 1 N–H and O–H groups in total. The fraction of sp³-hybridized carbons (Fsp3) is 0.263. The van der Waals surface area contributed by atoms with E-state index in [2.05, 4.69) is 5.32 Å². The molecule has 0 saturated heterocycles. The zero-order valence-corrected chi connectivity index (χ0v) is 15.3. The molecule has 2 aromatic carbocycles. The minimum absolute atomic E-state index is 0.108. The largest absolute Gasteiger partial charge is 0.495 e. The summed E-state index contributed by atoms with van der Waals surface area (Å²) in [5.74, 6) is -0.270. The average Bonchev–Trinajstić information content (AvgIpc) is 2.60. The number of rotatable bonds is 7. The van der Waals surface area contributed by atoms with E-state index in [1.165, 1.54) is 31.1 Å². The minimum atomic E-state index is -0.335. The molecule has 0 saturated carbocycles. The summed E-state index contributed by atoms with van der Waals surface area (Å²) in [6, 6.07) is 10.8. The van der Waals surface area contributed by atoms with Crippen LogP contribution in [0, 0.1) is 5.82 Å². The van der Waals surface area contributed by atoms with E-state index in [0.717, 1.165) is 5.56 Å². The first-order valence-corrected chi connectivity index (χ1v) is 8.40. The highest BCUT2D eigenvalue weighted by atomic mass is 35.5. The van der Waals surface area contributed by atoms with Gasteiger partial charge in [-0.2, -0.15) is 0 Å². The van der Waals surface area contributed by atoms with Crippen LogP contribution in [0.2, 0.25) is 5.02 Å². The smallest absolute Gasteiger partial charge is 0.226 e. The lowest BCUT2D eigenvalue weighted by Gasteiger charge is -2.21. The van der Waals surface area contributed by atoms with Gasteiger partial charge in [-0.15, -0.1) is 0 Å². The molecule has 0 spiro atoms. The van der Waals surface area contributed by atoms with E-state index in [1.807, 2.05) is 0 Å².